The van der Waals surface area contributed by atoms with Crippen molar-refractivity contribution in [2.24, 2.45) is 5.10 Å². The molecule has 0 atom stereocenters. The first-order valence-corrected chi connectivity index (χ1v) is 11.7. The number of aryl methyl sites for hydroxylation is 1. The van der Waals surface area contributed by atoms with E-state index < -0.39 is 0 Å². The standard InChI is InChI=1S/C23H18Br2Cl2N2O2/c24-19-10-16(13-28-29-22(30)9-6-15-4-2-1-3-5-15)11-20(25)23(19)31-14-17-7-8-18(26)12-21(17)27/h1-5,7-8,10-13H,6,9,14H2,(H,29,30)/b28-13+. The second-order valence-electron chi connectivity index (χ2n) is 6.62. The number of carbonyl (C=O) groups excluding carboxylic acids is 1. The largest absolute Gasteiger partial charge is 0.486 e. The van der Waals surface area contributed by atoms with Gasteiger partial charge in [-0.1, -0.05) is 59.6 Å². The highest BCUT2D eigenvalue weighted by atomic mass is 79.9. The molecule has 0 aliphatic carbocycles. The van der Waals surface area contributed by atoms with Crippen LogP contribution in [0.15, 0.2) is 74.7 Å². The highest BCUT2D eigenvalue weighted by Crippen LogP contribution is 2.35. The summed E-state index contributed by atoms with van der Waals surface area (Å²) in [5.41, 5.74) is 5.29. The Morgan fingerprint density at radius 1 is 1.03 bits per heavy atom. The molecule has 3 aromatic carbocycles. The van der Waals surface area contributed by atoms with Crippen molar-refractivity contribution in [3.05, 3.63) is 96.3 Å². The average Bonchev–Trinajstić information content (AvgIpc) is 2.74. The normalized spacial score (nSPS) is 11.0. The molecule has 0 spiro atoms. The predicted octanol–water partition coefficient (Wildman–Crippen LogP) is 7.18. The van der Waals surface area contributed by atoms with Crippen molar-refractivity contribution in [2.45, 2.75) is 19.4 Å². The molecule has 0 radical (unpaired) electrons. The lowest BCUT2D eigenvalue weighted by Crippen LogP contribution is -2.17. The van der Waals surface area contributed by atoms with Crippen LogP contribution in [-0.4, -0.2) is 12.1 Å². The summed E-state index contributed by atoms with van der Waals surface area (Å²) in [6, 6.07) is 18.8. The van der Waals surface area contributed by atoms with Gasteiger partial charge >= 0.3 is 0 Å². The molecule has 1 amide bonds. The second kappa shape index (κ2) is 11.7. The van der Waals surface area contributed by atoms with Gasteiger partial charge in [0.05, 0.1) is 15.2 Å². The fourth-order valence-electron chi connectivity index (χ4n) is 2.72. The number of carbonyl (C=O) groups is 1. The zero-order chi connectivity index (χ0) is 22.2. The van der Waals surface area contributed by atoms with E-state index in [1.807, 2.05) is 48.5 Å². The Morgan fingerprint density at radius 3 is 2.42 bits per heavy atom. The average molecular weight is 585 g/mol. The van der Waals surface area contributed by atoms with Crippen LogP contribution in [0.25, 0.3) is 0 Å². The number of halogens is 4. The van der Waals surface area contributed by atoms with E-state index in [9.17, 15) is 4.79 Å². The summed E-state index contributed by atoms with van der Waals surface area (Å²) in [7, 11) is 0. The Labute approximate surface area is 207 Å². The van der Waals surface area contributed by atoms with E-state index in [4.69, 9.17) is 27.9 Å². The summed E-state index contributed by atoms with van der Waals surface area (Å²) in [4.78, 5) is 12.0. The number of hydrogen-bond donors (Lipinski definition) is 1. The Kier molecular flexibility index (Phi) is 8.96. The number of hydrogen-bond acceptors (Lipinski definition) is 3. The summed E-state index contributed by atoms with van der Waals surface area (Å²) in [5.74, 6) is 0.494. The molecule has 0 fully saturated rings. The Bertz CT molecular complexity index is 1070. The van der Waals surface area contributed by atoms with Crippen LogP contribution in [0, 0.1) is 0 Å². The Hall–Kier alpha value is -1.86. The molecule has 31 heavy (non-hydrogen) atoms. The fourth-order valence-corrected chi connectivity index (χ4v) is 4.63. The number of nitrogens with one attached hydrogen (secondary N) is 1. The van der Waals surface area contributed by atoms with Crippen molar-refractivity contribution in [3.63, 3.8) is 0 Å². The minimum atomic E-state index is -0.141. The lowest BCUT2D eigenvalue weighted by molar-refractivity contribution is -0.121. The van der Waals surface area contributed by atoms with Crippen LogP contribution in [0.4, 0.5) is 0 Å². The maximum atomic E-state index is 12.0. The van der Waals surface area contributed by atoms with E-state index in [0.717, 1.165) is 25.6 Å². The highest BCUT2D eigenvalue weighted by molar-refractivity contribution is 9.11. The molecule has 0 bridgehead atoms. The molecule has 0 saturated carbocycles. The van der Waals surface area contributed by atoms with Crippen LogP contribution in [-0.2, 0) is 17.8 Å². The van der Waals surface area contributed by atoms with Gasteiger partial charge < -0.3 is 4.74 Å². The second-order valence-corrected chi connectivity index (χ2v) is 9.17. The van der Waals surface area contributed by atoms with Crippen LogP contribution in [0.2, 0.25) is 10.0 Å². The molecule has 3 rings (SSSR count). The number of ether oxygens (including phenoxy) is 1. The van der Waals surface area contributed by atoms with Crippen LogP contribution in [0.3, 0.4) is 0 Å². The SMILES string of the molecule is O=C(CCc1ccccc1)N/N=C/c1cc(Br)c(OCc2ccc(Cl)cc2Cl)c(Br)c1. The third-order valence-corrected chi connectivity index (χ3v) is 6.06. The molecular formula is C23H18Br2Cl2N2O2. The van der Waals surface area contributed by atoms with Gasteiger partial charge in [0.2, 0.25) is 5.91 Å². The van der Waals surface area contributed by atoms with Crippen molar-refractivity contribution in [1.29, 1.82) is 0 Å². The van der Waals surface area contributed by atoms with Crippen molar-refractivity contribution < 1.29 is 9.53 Å². The number of hydrazone groups is 1. The van der Waals surface area contributed by atoms with Crippen molar-refractivity contribution >= 4 is 67.2 Å². The molecule has 0 heterocycles. The first-order chi connectivity index (χ1) is 14.9. The van der Waals surface area contributed by atoms with Crippen LogP contribution in [0.1, 0.15) is 23.1 Å². The van der Waals surface area contributed by atoms with Crippen molar-refractivity contribution in [3.8, 4) is 5.75 Å². The van der Waals surface area contributed by atoms with E-state index >= 15 is 0 Å². The van der Waals surface area contributed by atoms with E-state index in [2.05, 4.69) is 42.4 Å². The number of nitrogens with zero attached hydrogens (tertiary/aromatic N) is 1. The third-order valence-electron chi connectivity index (χ3n) is 4.29. The zero-order valence-corrected chi connectivity index (χ0v) is 20.9. The van der Waals surface area contributed by atoms with Gasteiger partial charge in [-0.05, 0) is 73.7 Å². The number of amides is 1. The Morgan fingerprint density at radius 2 is 1.74 bits per heavy atom. The molecule has 1 N–H and O–H groups in total. The molecular weight excluding hydrogens is 567 g/mol. The molecule has 4 nitrogen and oxygen atoms in total. The van der Waals surface area contributed by atoms with Gasteiger partial charge in [0, 0.05) is 22.0 Å². The first-order valence-electron chi connectivity index (χ1n) is 9.34. The van der Waals surface area contributed by atoms with Gasteiger partial charge in [-0.2, -0.15) is 5.10 Å². The maximum absolute atomic E-state index is 12.0. The fraction of sp³-hybridized carbons (Fsp3) is 0.130. The van der Waals surface area contributed by atoms with Gasteiger partial charge in [-0.15, -0.1) is 0 Å². The van der Waals surface area contributed by atoms with Crippen molar-refractivity contribution in [1.82, 2.24) is 5.43 Å². The Balaban J connectivity index is 1.56. The summed E-state index contributed by atoms with van der Waals surface area (Å²) in [5, 5.41) is 5.17. The monoisotopic (exact) mass is 582 g/mol. The minimum Gasteiger partial charge on any atom is -0.486 e. The molecule has 0 aliphatic rings. The molecule has 0 aromatic heterocycles. The van der Waals surface area contributed by atoms with Gasteiger partial charge in [0.15, 0.2) is 0 Å². The molecule has 0 aliphatic heterocycles. The van der Waals surface area contributed by atoms with E-state index in [-0.39, 0.29) is 12.5 Å². The first kappa shape index (κ1) is 23.8. The highest BCUT2D eigenvalue weighted by Gasteiger charge is 2.10. The molecule has 160 valence electrons. The summed E-state index contributed by atoms with van der Waals surface area (Å²) < 4.78 is 7.39. The van der Waals surface area contributed by atoms with E-state index in [1.165, 1.54) is 0 Å². The molecule has 0 saturated heterocycles. The minimum absolute atomic E-state index is 0.141. The topological polar surface area (TPSA) is 50.7 Å². The number of rotatable bonds is 8. The smallest absolute Gasteiger partial charge is 0.240 e. The van der Waals surface area contributed by atoms with Gasteiger partial charge in [-0.25, -0.2) is 5.43 Å². The van der Waals surface area contributed by atoms with Gasteiger partial charge in [0.1, 0.15) is 12.4 Å². The molecule has 3 aromatic rings. The lowest BCUT2D eigenvalue weighted by atomic mass is 10.1. The van der Waals surface area contributed by atoms with Gasteiger partial charge in [0.25, 0.3) is 0 Å². The molecule has 0 unspecified atom stereocenters. The van der Waals surface area contributed by atoms with Crippen molar-refractivity contribution in [2.75, 3.05) is 0 Å². The number of benzene rings is 3. The summed E-state index contributed by atoms with van der Waals surface area (Å²) in [6.07, 6.45) is 2.62. The lowest BCUT2D eigenvalue weighted by Gasteiger charge is -2.12. The van der Waals surface area contributed by atoms with Crippen LogP contribution in [0.5, 0.6) is 5.75 Å². The zero-order valence-electron chi connectivity index (χ0n) is 16.2. The van der Waals surface area contributed by atoms with E-state index in [1.54, 1.807) is 18.3 Å². The maximum Gasteiger partial charge on any atom is 0.240 e. The third kappa shape index (κ3) is 7.35. The van der Waals surface area contributed by atoms with Crippen LogP contribution >= 0.6 is 55.1 Å². The van der Waals surface area contributed by atoms with Gasteiger partial charge in [-0.3, -0.25) is 4.79 Å². The summed E-state index contributed by atoms with van der Waals surface area (Å²) in [6.45, 7) is 0.290. The quantitative estimate of drug-likeness (QED) is 0.225. The van der Waals surface area contributed by atoms with E-state index in [0.29, 0.717) is 28.6 Å². The summed E-state index contributed by atoms with van der Waals surface area (Å²) >= 11 is 19.2. The van der Waals surface area contributed by atoms with Crippen LogP contribution < -0.4 is 10.2 Å². The predicted molar refractivity (Wildman–Crippen MR) is 133 cm³/mol. The molecule has 8 heteroatoms.